The van der Waals surface area contributed by atoms with Gasteiger partial charge in [0.2, 0.25) is 5.82 Å². The maximum Gasteiger partial charge on any atom is 0.204 e. The van der Waals surface area contributed by atoms with Gasteiger partial charge in [-0.05, 0) is 36.8 Å². The third kappa shape index (κ3) is 1.70. The first-order valence-electron chi connectivity index (χ1n) is 7.50. The van der Waals surface area contributed by atoms with Crippen molar-refractivity contribution in [2.45, 2.75) is 6.92 Å². The van der Waals surface area contributed by atoms with Gasteiger partial charge in [0, 0.05) is 5.39 Å². The lowest BCUT2D eigenvalue weighted by atomic mass is 10.1. The molecule has 5 aromatic rings. The van der Waals surface area contributed by atoms with Gasteiger partial charge in [-0.3, -0.25) is 4.40 Å². The number of hydrogen-bond donors (Lipinski definition) is 1. The fourth-order valence-corrected chi connectivity index (χ4v) is 3.11. The zero-order chi connectivity index (χ0) is 15.4. The van der Waals surface area contributed by atoms with Crippen LogP contribution in [-0.2, 0) is 0 Å². The molecule has 3 aromatic heterocycles. The van der Waals surface area contributed by atoms with Crippen molar-refractivity contribution in [2.24, 2.45) is 0 Å². The molecule has 0 amide bonds. The Labute approximate surface area is 131 Å². The van der Waals surface area contributed by atoms with Gasteiger partial charge in [0.1, 0.15) is 0 Å². The molecule has 23 heavy (non-hydrogen) atoms. The number of aryl methyl sites for hydroxylation is 1. The molecule has 3 heterocycles. The first-order valence-corrected chi connectivity index (χ1v) is 7.50. The van der Waals surface area contributed by atoms with Crippen molar-refractivity contribution in [2.75, 3.05) is 0 Å². The molecule has 0 atom stereocenters. The summed E-state index contributed by atoms with van der Waals surface area (Å²) in [5, 5.41) is 9.89. The molecule has 0 saturated heterocycles. The van der Waals surface area contributed by atoms with Gasteiger partial charge in [0.25, 0.3) is 0 Å². The van der Waals surface area contributed by atoms with Crippen LogP contribution in [0.2, 0.25) is 0 Å². The summed E-state index contributed by atoms with van der Waals surface area (Å²) >= 11 is 0. The first-order chi connectivity index (χ1) is 11.3. The fraction of sp³-hybridized carbons (Fsp3) is 0.0556. The number of benzene rings is 2. The van der Waals surface area contributed by atoms with E-state index in [2.05, 4.69) is 49.7 Å². The Kier molecular flexibility index (Phi) is 2.36. The SMILES string of the molecule is Cc1cc2nnc(-c3nc4ccccc4[nH]3)n2c2ccccc12. The van der Waals surface area contributed by atoms with E-state index >= 15 is 0 Å². The number of nitrogens with zero attached hydrogens (tertiary/aromatic N) is 4. The van der Waals surface area contributed by atoms with Gasteiger partial charge in [-0.15, -0.1) is 10.2 Å². The van der Waals surface area contributed by atoms with E-state index in [1.165, 1.54) is 10.9 Å². The molecule has 5 rings (SSSR count). The Morgan fingerprint density at radius 3 is 2.70 bits per heavy atom. The summed E-state index contributed by atoms with van der Waals surface area (Å²) in [6.07, 6.45) is 0. The Morgan fingerprint density at radius 2 is 1.78 bits per heavy atom. The number of fused-ring (bicyclic) bond motifs is 4. The monoisotopic (exact) mass is 299 g/mol. The number of nitrogens with one attached hydrogen (secondary N) is 1. The van der Waals surface area contributed by atoms with Crippen molar-refractivity contribution in [3.63, 3.8) is 0 Å². The molecule has 0 unspecified atom stereocenters. The average molecular weight is 299 g/mol. The second kappa shape index (κ2) is 4.39. The number of para-hydroxylation sites is 3. The van der Waals surface area contributed by atoms with E-state index in [0.29, 0.717) is 0 Å². The van der Waals surface area contributed by atoms with Gasteiger partial charge in [-0.2, -0.15) is 0 Å². The van der Waals surface area contributed by atoms with Crippen LogP contribution in [0.5, 0.6) is 0 Å². The molecule has 2 aromatic carbocycles. The molecule has 0 aliphatic heterocycles. The summed E-state index contributed by atoms with van der Waals surface area (Å²) in [5.74, 6) is 1.46. The minimum absolute atomic E-state index is 0.729. The third-order valence-corrected chi connectivity index (χ3v) is 4.20. The maximum absolute atomic E-state index is 4.66. The Morgan fingerprint density at radius 1 is 0.957 bits per heavy atom. The average Bonchev–Trinajstić information content (AvgIpc) is 3.18. The van der Waals surface area contributed by atoms with E-state index in [0.717, 1.165) is 33.8 Å². The van der Waals surface area contributed by atoms with E-state index in [1.54, 1.807) is 0 Å². The number of aromatic nitrogens is 5. The van der Waals surface area contributed by atoms with Gasteiger partial charge < -0.3 is 4.98 Å². The van der Waals surface area contributed by atoms with Crippen LogP contribution >= 0.6 is 0 Å². The lowest BCUT2D eigenvalue weighted by Crippen LogP contribution is -1.95. The molecule has 0 saturated carbocycles. The predicted molar refractivity (Wildman–Crippen MR) is 90.3 cm³/mol. The normalized spacial score (nSPS) is 11.7. The molecule has 5 heteroatoms. The van der Waals surface area contributed by atoms with Crippen LogP contribution in [-0.4, -0.2) is 24.6 Å². The van der Waals surface area contributed by atoms with E-state index in [-0.39, 0.29) is 0 Å². The van der Waals surface area contributed by atoms with Crippen molar-refractivity contribution >= 4 is 27.6 Å². The van der Waals surface area contributed by atoms with E-state index in [9.17, 15) is 0 Å². The summed E-state index contributed by atoms with van der Waals surface area (Å²) in [6, 6.07) is 18.3. The largest absolute Gasteiger partial charge is 0.335 e. The van der Waals surface area contributed by atoms with Crippen molar-refractivity contribution in [1.29, 1.82) is 0 Å². The number of hydrogen-bond acceptors (Lipinski definition) is 3. The highest BCUT2D eigenvalue weighted by Gasteiger charge is 2.15. The van der Waals surface area contributed by atoms with Crippen LogP contribution in [0.4, 0.5) is 0 Å². The zero-order valence-corrected chi connectivity index (χ0v) is 12.5. The van der Waals surface area contributed by atoms with Gasteiger partial charge in [0.15, 0.2) is 11.5 Å². The second-order valence-corrected chi connectivity index (χ2v) is 5.66. The summed E-state index contributed by atoms with van der Waals surface area (Å²) < 4.78 is 2.06. The summed E-state index contributed by atoms with van der Waals surface area (Å²) in [6.45, 7) is 2.10. The fourth-order valence-electron chi connectivity index (χ4n) is 3.11. The number of H-pyrrole nitrogens is 1. The van der Waals surface area contributed by atoms with Gasteiger partial charge in [-0.25, -0.2) is 4.98 Å². The quantitative estimate of drug-likeness (QED) is 0.513. The third-order valence-electron chi connectivity index (χ3n) is 4.20. The van der Waals surface area contributed by atoms with E-state index < -0.39 is 0 Å². The molecule has 0 radical (unpaired) electrons. The van der Waals surface area contributed by atoms with Crippen LogP contribution in [0.15, 0.2) is 54.6 Å². The Hall–Kier alpha value is -3.21. The second-order valence-electron chi connectivity index (χ2n) is 5.66. The summed E-state index contributed by atoms with van der Waals surface area (Å²) in [4.78, 5) is 7.99. The molecule has 0 bridgehead atoms. The van der Waals surface area contributed by atoms with E-state index in [4.69, 9.17) is 0 Å². The highest BCUT2D eigenvalue weighted by molar-refractivity contribution is 5.87. The summed E-state index contributed by atoms with van der Waals surface area (Å²) in [7, 11) is 0. The van der Waals surface area contributed by atoms with Crippen molar-refractivity contribution in [3.05, 3.63) is 60.2 Å². The first kappa shape index (κ1) is 12.3. The van der Waals surface area contributed by atoms with Crippen molar-refractivity contribution in [3.8, 4) is 11.6 Å². The minimum Gasteiger partial charge on any atom is -0.335 e. The molecule has 0 spiro atoms. The molecular weight excluding hydrogens is 286 g/mol. The van der Waals surface area contributed by atoms with Crippen molar-refractivity contribution in [1.82, 2.24) is 24.6 Å². The Bertz CT molecular complexity index is 1150. The molecule has 0 fully saturated rings. The number of imidazole rings is 1. The van der Waals surface area contributed by atoms with Crippen LogP contribution in [0.25, 0.3) is 39.2 Å². The number of aromatic amines is 1. The highest BCUT2D eigenvalue weighted by Crippen LogP contribution is 2.26. The molecule has 0 aliphatic carbocycles. The summed E-state index contributed by atoms with van der Waals surface area (Å²) in [5.41, 5.74) is 5.03. The molecule has 1 N–H and O–H groups in total. The standard InChI is InChI=1S/C18H13N5/c1-11-10-16-21-22-18(23(16)15-9-5-2-6-12(11)15)17-19-13-7-3-4-8-14(13)20-17/h2-10H,1H3,(H,19,20). The van der Waals surface area contributed by atoms with Crippen molar-refractivity contribution < 1.29 is 0 Å². The zero-order valence-electron chi connectivity index (χ0n) is 12.5. The Balaban J connectivity index is 1.90. The van der Waals surface area contributed by atoms with Crippen LogP contribution in [0.3, 0.4) is 0 Å². The van der Waals surface area contributed by atoms with Crippen LogP contribution in [0.1, 0.15) is 5.56 Å². The molecule has 0 aliphatic rings. The topological polar surface area (TPSA) is 58.9 Å². The number of pyridine rings is 1. The lowest BCUT2D eigenvalue weighted by Gasteiger charge is -2.06. The molecule has 5 nitrogen and oxygen atoms in total. The van der Waals surface area contributed by atoms with Crippen LogP contribution in [0, 0.1) is 6.92 Å². The lowest BCUT2D eigenvalue weighted by molar-refractivity contribution is 1.09. The van der Waals surface area contributed by atoms with Gasteiger partial charge in [-0.1, -0.05) is 30.3 Å². The number of rotatable bonds is 1. The minimum atomic E-state index is 0.729. The molecule has 110 valence electrons. The smallest absolute Gasteiger partial charge is 0.204 e. The van der Waals surface area contributed by atoms with E-state index in [1.807, 2.05) is 36.4 Å². The van der Waals surface area contributed by atoms with Crippen LogP contribution < -0.4 is 0 Å². The maximum atomic E-state index is 4.66. The van der Waals surface area contributed by atoms with Gasteiger partial charge in [0.05, 0.1) is 16.6 Å². The van der Waals surface area contributed by atoms with Gasteiger partial charge >= 0.3 is 0 Å². The molecular formula is C18H13N5. The highest BCUT2D eigenvalue weighted by atomic mass is 15.3. The predicted octanol–water partition coefficient (Wildman–Crippen LogP) is 3.73.